The highest BCUT2D eigenvalue weighted by molar-refractivity contribution is 5.94. The van der Waals surface area contributed by atoms with E-state index in [1.165, 1.54) is 0 Å². The van der Waals surface area contributed by atoms with Crippen molar-refractivity contribution in [2.75, 3.05) is 6.54 Å². The van der Waals surface area contributed by atoms with Crippen LogP contribution in [-0.2, 0) is 6.54 Å². The zero-order valence-electron chi connectivity index (χ0n) is 15.0. The van der Waals surface area contributed by atoms with Gasteiger partial charge in [0.2, 0.25) is 0 Å². The van der Waals surface area contributed by atoms with Crippen molar-refractivity contribution in [3.05, 3.63) is 66.2 Å². The highest BCUT2D eigenvalue weighted by atomic mass is 16.2. The third-order valence-corrected chi connectivity index (χ3v) is 5.04. The lowest BCUT2D eigenvalue weighted by molar-refractivity contribution is 0.0584. The molecule has 0 radical (unpaired) electrons. The van der Waals surface area contributed by atoms with Crippen molar-refractivity contribution in [2.45, 2.75) is 38.8 Å². The van der Waals surface area contributed by atoms with Crippen molar-refractivity contribution in [1.82, 2.24) is 24.5 Å². The Morgan fingerprint density at radius 2 is 1.96 bits per heavy atom. The summed E-state index contributed by atoms with van der Waals surface area (Å²) in [4.78, 5) is 15.1. The topological polar surface area (TPSA) is 56.0 Å². The van der Waals surface area contributed by atoms with Gasteiger partial charge in [0, 0.05) is 36.4 Å². The minimum Gasteiger partial charge on any atom is -0.334 e. The SMILES string of the molecule is Cc1ccnn1-c1ccc(C(=O)N2CCCC[C@H]2Cn2cccn2)cc1. The largest absolute Gasteiger partial charge is 0.334 e. The molecule has 2 aromatic heterocycles. The maximum atomic E-state index is 13.1. The van der Waals surface area contributed by atoms with Crippen LogP contribution in [0.2, 0.25) is 0 Å². The maximum Gasteiger partial charge on any atom is 0.254 e. The van der Waals surface area contributed by atoms with Gasteiger partial charge in [-0.2, -0.15) is 10.2 Å². The second kappa shape index (κ2) is 7.15. The van der Waals surface area contributed by atoms with E-state index in [0.29, 0.717) is 0 Å². The highest BCUT2D eigenvalue weighted by Gasteiger charge is 2.27. The third-order valence-electron chi connectivity index (χ3n) is 5.04. The first-order valence-electron chi connectivity index (χ1n) is 9.12. The molecular weight excluding hydrogens is 326 g/mol. The van der Waals surface area contributed by atoms with Crippen molar-refractivity contribution in [2.24, 2.45) is 0 Å². The van der Waals surface area contributed by atoms with Crippen LogP contribution in [0, 0.1) is 6.92 Å². The number of aryl methyl sites for hydroxylation is 1. The number of carbonyl (C=O) groups excluding carboxylic acids is 1. The first-order chi connectivity index (χ1) is 12.7. The molecule has 1 aromatic carbocycles. The number of aromatic nitrogens is 4. The number of carbonyl (C=O) groups is 1. The van der Waals surface area contributed by atoms with Crippen LogP contribution in [0.3, 0.4) is 0 Å². The number of hydrogen-bond donors (Lipinski definition) is 0. The van der Waals surface area contributed by atoms with E-state index in [9.17, 15) is 4.79 Å². The third kappa shape index (κ3) is 3.27. The fourth-order valence-corrected chi connectivity index (χ4v) is 3.63. The number of likely N-dealkylation sites (tertiary alicyclic amines) is 1. The Kier molecular flexibility index (Phi) is 4.56. The Balaban J connectivity index is 1.52. The molecule has 3 heterocycles. The van der Waals surface area contributed by atoms with Crippen LogP contribution in [0.25, 0.3) is 5.69 Å². The van der Waals surface area contributed by atoms with Crippen LogP contribution in [0.4, 0.5) is 0 Å². The Morgan fingerprint density at radius 3 is 2.65 bits per heavy atom. The summed E-state index contributed by atoms with van der Waals surface area (Å²) < 4.78 is 3.79. The highest BCUT2D eigenvalue weighted by Crippen LogP contribution is 2.22. The van der Waals surface area contributed by atoms with Crippen LogP contribution >= 0.6 is 0 Å². The van der Waals surface area contributed by atoms with Crippen molar-refractivity contribution in [3.63, 3.8) is 0 Å². The van der Waals surface area contributed by atoms with E-state index in [1.54, 1.807) is 12.4 Å². The molecule has 4 rings (SSSR count). The van der Waals surface area contributed by atoms with E-state index in [4.69, 9.17) is 0 Å². The summed E-state index contributed by atoms with van der Waals surface area (Å²) in [5, 5.41) is 8.61. The molecule has 0 aliphatic carbocycles. The number of piperidine rings is 1. The summed E-state index contributed by atoms with van der Waals surface area (Å²) in [5.74, 6) is 0.102. The number of benzene rings is 1. The van der Waals surface area contributed by atoms with E-state index in [-0.39, 0.29) is 11.9 Å². The molecule has 26 heavy (non-hydrogen) atoms. The molecule has 0 bridgehead atoms. The molecule has 0 spiro atoms. The first-order valence-corrected chi connectivity index (χ1v) is 9.12. The fourth-order valence-electron chi connectivity index (χ4n) is 3.63. The van der Waals surface area contributed by atoms with Crippen molar-refractivity contribution in [3.8, 4) is 5.69 Å². The monoisotopic (exact) mass is 349 g/mol. The number of nitrogens with zero attached hydrogens (tertiary/aromatic N) is 5. The van der Waals surface area contributed by atoms with Gasteiger partial charge in [-0.15, -0.1) is 0 Å². The molecule has 0 unspecified atom stereocenters. The summed E-state index contributed by atoms with van der Waals surface area (Å²) in [6.45, 7) is 3.58. The predicted octanol–water partition coefficient (Wildman–Crippen LogP) is 3.07. The Bertz CT molecular complexity index is 866. The van der Waals surface area contributed by atoms with Gasteiger partial charge in [-0.05, 0) is 62.6 Å². The second-order valence-electron chi connectivity index (χ2n) is 6.81. The van der Waals surface area contributed by atoms with Gasteiger partial charge in [0.15, 0.2) is 0 Å². The Morgan fingerprint density at radius 1 is 1.12 bits per heavy atom. The Labute approximate surface area is 153 Å². The zero-order chi connectivity index (χ0) is 17.9. The van der Waals surface area contributed by atoms with Crippen LogP contribution in [0.5, 0.6) is 0 Å². The number of amides is 1. The molecule has 1 amide bonds. The standard InChI is InChI=1S/C20H23N5O/c1-16-10-12-22-25(16)18-8-6-17(7-9-18)20(26)24-14-3-2-5-19(24)15-23-13-4-11-21-23/h4,6-13,19H,2-3,5,14-15H2,1H3/t19-/m0/s1. The van der Waals surface area contributed by atoms with Gasteiger partial charge in [0.05, 0.1) is 18.3 Å². The van der Waals surface area contributed by atoms with Crippen molar-refractivity contribution < 1.29 is 4.79 Å². The van der Waals surface area contributed by atoms with Gasteiger partial charge < -0.3 is 4.90 Å². The molecule has 0 N–H and O–H groups in total. The molecule has 1 saturated heterocycles. The van der Waals surface area contributed by atoms with E-state index < -0.39 is 0 Å². The van der Waals surface area contributed by atoms with Crippen molar-refractivity contribution in [1.29, 1.82) is 0 Å². The molecule has 3 aromatic rings. The molecule has 134 valence electrons. The molecule has 6 heteroatoms. The predicted molar refractivity (Wildman–Crippen MR) is 99.2 cm³/mol. The van der Waals surface area contributed by atoms with Crippen molar-refractivity contribution >= 4 is 5.91 Å². The molecule has 1 fully saturated rings. The van der Waals surface area contributed by atoms with Gasteiger partial charge in [-0.3, -0.25) is 9.48 Å². The smallest absolute Gasteiger partial charge is 0.254 e. The van der Waals surface area contributed by atoms with Crippen LogP contribution in [-0.4, -0.2) is 43.0 Å². The molecule has 1 aliphatic rings. The lowest BCUT2D eigenvalue weighted by Crippen LogP contribution is -2.45. The van der Waals surface area contributed by atoms with Crippen LogP contribution < -0.4 is 0 Å². The average molecular weight is 349 g/mol. The summed E-state index contributed by atoms with van der Waals surface area (Å²) in [6.07, 6.45) is 8.76. The van der Waals surface area contributed by atoms with Crippen LogP contribution in [0.15, 0.2) is 55.0 Å². The summed E-state index contributed by atoms with van der Waals surface area (Å²) >= 11 is 0. The number of hydrogen-bond acceptors (Lipinski definition) is 3. The minimum atomic E-state index is 0.102. The lowest BCUT2D eigenvalue weighted by Gasteiger charge is -2.35. The lowest BCUT2D eigenvalue weighted by atomic mass is 10.0. The van der Waals surface area contributed by atoms with Gasteiger partial charge in [-0.1, -0.05) is 0 Å². The maximum absolute atomic E-state index is 13.1. The zero-order valence-corrected chi connectivity index (χ0v) is 15.0. The van der Waals surface area contributed by atoms with Gasteiger partial charge in [0.25, 0.3) is 5.91 Å². The quantitative estimate of drug-likeness (QED) is 0.727. The van der Waals surface area contributed by atoms with E-state index in [0.717, 1.165) is 49.3 Å². The minimum absolute atomic E-state index is 0.102. The molecule has 6 nitrogen and oxygen atoms in total. The molecule has 0 saturated carbocycles. The summed E-state index contributed by atoms with van der Waals surface area (Å²) in [7, 11) is 0. The second-order valence-corrected chi connectivity index (χ2v) is 6.81. The van der Waals surface area contributed by atoms with Gasteiger partial charge >= 0.3 is 0 Å². The van der Waals surface area contributed by atoms with Gasteiger partial charge in [0.1, 0.15) is 0 Å². The van der Waals surface area contributed by atoms with E-state index in [1.807, 2.05) is 63.8 Å². The average Bonchev–Trinajstić information content (AvgIpc) is 3.33. The molecular formula is C20H23N5O. The Hall–Kier alpha value is -2.89. The first kappa shape index (κ1) is 16.6. The number of rotatable bonds is 4. The van der Waals surface area contributed by atoms with E-state index in [2.05, 4.69) is 10.2 Å². The normalized spacial score (nSPS) is 17.4. The molecule has 1 aliphatic heterocycles. The summed E-state index contributed by atoms with van der Waals surface area (Å²) in [6, 6.07) is 11.8. The molecule has 1 atom stereocenters. The fraction of sp³-hybridized carbons (Fsp3) is 0.350. The van der Waals surface area contributed by atoms with Crippen LogP contribution in [0.1, 0.15) is 35.3 Å². The summed E-state index contributed by atoms with van der Waals surface area (Å²) in [5.41, 5.74) is 2.76. The van der Waals surface area contributed by atoms with Gasteiger partial charge in [-0.25, -0.2) is 4.68 Å². The van der Waals surface area contributed by atoms with E-state index >= 15 is 0 Å².